The molecule has 1 aliphatic carbocycles. The van der Waals surface area contributed by atoms with Crippen LogP contribution in [-0.4, -0.2) is 12.1 Å². The lowest BCUT2D eigenvalue weighted by atomic mass is 10.0. The van der Waals surface area contributed by atoms with Crippen LogP contribution in [0.1, 0.15) is 33.1 Å². The van der Waals surface area contributed by atoms with Crippen molar-refractivity contribution in [3.63, 3.8) is 0 Å². The lowest BCUT2D eigenvalue weighted by molar-refractivity contribution is -0.144. The first-order valence-electron chi connectivity index (χ1n) is 5.13. The van der Waals surface area contributed by atoms with E-state index in [1.54, 1.807) is 0 Å². The maximum atomic E-state index is 11.2. The molecular formula is C11H18O2S. The van der Waals surface area contributed by atoms with Crippen molar-refractivity contribution in [1.82, 2.24) is 0 Å². The molecule has 0 spiro atoms. The molecular weight excluding hydrogens is 196 g/mol. The molecule has 3 atom stereocenters. The molecule has 0 saturated heterocycles. The maximum Gasteiger partial charge on any atom is 0.344 e. The number of thiol groups is 1. The van der Waals surface area contributed by atoms with Gasteiger partial charge in [-0.15, -0.1) is 12.6 Å². The van der Waals surface area contributed by atoms with Gasteiger partial charge in [-0.25, -0.2) is 4.79 Å². The molecule has 2 nitrogen and oxygen atoms in total. The predicted molar refractivity (Wildman–Crippen MR) is 60.2 cm³/mol. The molecule has 0 radical (unpaired) electrons. The summed E-state index contributed by atoms with van der Waals surface area (Å²) in [7, 11) is 0. The molecule has 14 heavy (non-hydrogen) atoms. The van der Waals surface area contributed by atoms with Gasteiger partial charge in [0.25, 0.3) is 0 Å². The van der Waals surface area contributed by atoms with E-state index in [9.17, 15) is 4.79 Å². The van der Waals surface area contributed by atoms with Gasteiger partial charge in [0.2, 0.25) is 0 Å². The fraction of sp³-hybridized carbons (Fsp3) is 0.727. The van der Waals surface area contributed by atoms with E-state index in [2.05, 4.69) is 33.1 Å². The van der Waals surface area contributed by atoms with Crippen LogP contribution in [0.2, 0.25) is 0 Å². The number of esters is 1. The van der Waals surface area contributed by atoms with Gasteiger partial charge in [-0.3, -0.25) is 0 Å². The van der Waals surface area contributed by atoms with Crippen molar-refractivity contribution in [2.75, 3.05) is 0 Å². The molecule has 1 saturated carbocycles. The van der Waals surface area contributed by atoms with Crippen LogP contribution < -0.4 is 0 Å². The van der Waals surface area contributed by atoms with Crippen LogP contribution >= 0.6 is 12.6 Å². The molecule has 3 unspecified atom stereocenters. The molecule has 0 aromatic heterocycles. The van der Waals surface area contributed by atoms with Crippen molar-refractivity contribution in [3.8, 4) is 0 Å². The Morgan fingerprint density at radius 2 is 2.21 bits per heavy atom. The molecule has 0 aromatic carbocycles. The molecule has 0 aliphatic heterocycles. The Hall–Kier alpha value is -0.440. The monoisotopic (exact) mass is 214 g/mol. The Labute approximate surface area is 91.1 Å². The lowest BCUT2D eigenvalue weighted by Gasteiger charge is -2.15. The first-order chi connectivity index (χ1) is 6.54. The van der Waals surface area contributed by atoms with Gasteiger partial charge in [0.1, 0.15) is 6.10 Å². The van der Waals surface area contributed by atoms with Gasteiger partial charge < -0.3 is 4.74 Å². The number of carbonyl (C=O) groups excluding carboxylic acids is 1. The number of hydrogen-bond donors (Lipinski definition) is 1. The highest BCUT2D eigenvalue weighted by Gasteiger charge is 2.33. The molecule has 1 aliphatic rings. The summed E-state index contributed by atoms with van der Waals surface area (Å²) in [4.78, 5) is 11.4. The van der Waals surface area contributed by atoms with Gasteiger partial charge in [0, 0.05) is 0 Å². The summed E-state index contributed by atoms with van der Waals surface area (Å²) >= 11 is 3.87. The van der Waals surface area contributed by atoms with Crippen LogP contribution in [0.5, 0.6) is 0 Å². The van der Waals surface area contributed by atoms with Gasteiger partial charge in [0.15, 0.2) is 0 Å². The van der Waals surface area contributed by atoms with E-state index >= 15 is 0 Å². The highest BCUT2D eigenvalue weighted by atomic mass is 32.1. The Morgan fingerprint density at radius 1 is 1.57 bits per heavy atom. The highest BCUT2D eigenvalue weighted by molar-refractivity contribution is 7.85. The molecule has 80 valence electrons. The molecule has 0 heterocycles. The second-order valence-corrected chi connectivity index (χ2v) is 4.65. The Balaban J connectivity index is 2.46. The number of rotatable bonds is 3. The molecule has 0 aromatic rings. The average molecular weight is 214 g/mol. The van der Waals surface area contributed by atoms with Gasteiger partial charge in [0.05, 0.1) is 4.91 Å². The SMILES string of the molecule is C=C(S)C(=O)OC1CC(CC)CC1C. The van der Waals surface area contributed by atoms with Crippen LogP contribution in [0.3, 0.4) is 0 Å². The summed E-state index contributed by atoms with van der Waals surface area (Å²) in [5.74, 6) is 0.800. The summed E-state index contributed by atoms with van der Waals surface area (Å²) in [6.45, 7) is 7.76. The van der Waals surface area contributed by atoms with E-state index in [-0.39, 0.29) is 17.0 Å². The molecule has 0 bridgehead atoms. The normalized spacial score (nSPS) is 31.5. The quantitative estimate of drug-likeness (QED) is 0.444. The molecule has 1 rings (SSSR count). The van der Waals surface area contributed by atoms with E-state index in [1.807, 2.05) is 0 Å². The van der Waals surface area contributed by atoms with Crippen LogP contribution in [0.4, 0.5) is 0 Å². The Morgan fingerprint density at radius 3 is 2.64 bits per heavy atom. The summed E-state index contributed by atoms with van der Waals surface area (Å²) in [5.41, 5.74) is 0. The minimum absolute atomic E-state index is 0.0661. The third-order valence-corrected chi connectivity index (χ3v) is 3.16. The van der Waals surface area contributed by atoms with Crippen molar-refractivity contribution in [1.29, 1.82) is 0 Å². The Bertz CT molecular complexity index is 237. The predicted octanol–water partition coefficient (Wildman–Crippen LogP) is 2.80. The van der Waals surface area contributed by atoms with Gasteiger partial charge in [-0.2, -0.15) is 0 Å². The summed E-state index contributed by atoms with van der Waals surface area (Å²) in [5, 5.41) is 0. The molecule has 3 heteroatoms. The van der Waals surface area contributed by atoms with E-state index < -0.39 is 0 Å². The van der Waals surface area contributed by atoms with Gasteiger partial charge in [-0.1, -0.05) is 26.8 Å². The number of hydrogen-bond acceptors (Lipinski definition) is 3. The number of ether oxygens (including phenoxy) is 1. The molecule has 1 fully saturated rings. The highest BCUT2D eigenvalue weighted by Crippen LogP contribution is 2.35. The van der Waals surface area contributed by atoms with Crippen molar-refractivity contribution in [2.24, 2.45) is 11.8 Å². The molecule has 0 N–H and O–H groups in total. The van der Waals surface area contributed by atoms with Crippen molar-refractivity contribution >= 4 is 18.6 Å². The zero-order valence-electron chi connectivity index (χ0n) is 8.82. The largest absolute Gasteiger partial charge is 0.458 e. The lowest BCUT2D eigenvalue weighted by Crippen LogP contribution is -2.20. The minimum atomic E-state index is -0.373. The van der Waals surface area contributed by atoms with Crippen molar-refractivity contribution in [3.05, 3.63) is 11.5 Å². The second-order valence-electron chi connectivity index (χ2n) is 4.11. The Kier molecular flexibility index (Phi) is 4.05. The smallest absolute Gasteiger partial charge is 0.344 e. The van der Waals surface area contributed by atoms with E-state index in [0.717, 1.165) is 12.8 Å². The zero-order valence-corrected chi connectivity index (χ0v) is 9.72. The number of carbonyl (C=O) groups is 1. The summed E-state index contributed by atoms with van der Waals surface area (Å²) in [6.07, 6.45) is 3.38. The van der Waals surface area contributed by atoms with Gasteiger partial charge >= 0.3 is 5.97 Å². The van der Waals surface area contributed by atoms with Crippen molar-refractivity contribution < 1.29 is 9.53 Å². The minimum Gasteiger partial charge on any atom is -0.458 e. The summed E-state index contributed by atoms with van der Waals surface area (Å²) in [6, 6.07) is 0. The zero-order chi connectivity index (χ0) is 10.7. The van der Waals surface area contributed by atoms with Crippen LogP contribution in [-0.2, 0) is 9.53 Å². The summed E-state index contributed by atoms with van der Waals surface area (Å²) < 4.78 is 5.30. The van der Waals surface area contributed by atoms with E-state index in [0.29, 0.717) is 11.8 Å². The maximum absolute atomic E-state index is 11.2. The second kappa shape index (κ2) is 4.87. The third-order valence-electron chi connectivity index (χ3n) is 2.98. The van der Waals surface area contributed by atoms with Crippen LogP contribution in [0.25, 0.3) is 0 Å². The first kappa shape index (κ1) is 11.6. The topological polar surface area (TPSA) is 26.3 Å². The van der Waals surface area contributed by atoms with Gasteiger partial charge in [-0.05, 0) is 24.7 Å². The molecule has 0 amide bonds. The first-order valence-corrected chi connectivity index (χ1v) is 5.58. The fourth-order valence-corrected chi connectivity index (χ4v) is 2.09. The van der Waals surface area contributed by atoms with Crippen molar-refractivity contribution in [2.45, 2.75) is 39.2 Å². The standard InChI is InChI=1S/C11H18O2S/c1-4-9-5-7(2)10(6-9)13-11(12)8(3)14/h7,9-10,14H,3-6H2,1-2H3. The average Bonchev–Trinajstić information content (AvgIpc) is 2.47. The van der Waals surface area contributed by atoms with E-state index in [4.69, 9.17) is 4.74 Å². The fourth-order valence-electron chi connectivity index (χ4n) is 2.04. The third kappa shape index (κ3) is 2.77. The van der Waals surface area contributed by atoms with E-state index in [1.165, 1.54) is 6.42 Å². The van der Waals surface area contributed by atoms with Crippen LogP contribution in [0.15, 0.2) is 11.5 Å². The van der Waals surface area contributed by atoms with Crippen LogP contribution in [0, 0.1) is 11.8 Å².